The van der Waals surface area contributed by atoms with Gasteiger partial charge in [-0.25, -0.2) is 13.2 Å². The maximum absolute atomic E-state index is 12.3. The van der Waals surface area contributed by atoms with Crippen LogP contribution in [-0.2, 0) is 21.1 Å². The molecular formula is C23H22O5S. The second-order valence-corrected chi connectivity index (χ2v) is 8.64. The fourth-order valence-corrected chi connectivity index (χ4v) is 4.16. The van der Waals surface area contributed by atoms with Crippen LogP contribution in [0.2, 0.25) is 0 Å². The van der Waals surface area contributed by atoms with Crippen LogP contribution in [0.4, 0.5) is 0 Å². The van der Waals surface area contributed by atoms with E-state index < -0.39 is 22.4 Å². The molecule has 1 N–H and O–H groups in total. The summed E-state index contributed by atoms with van der Waals surface area (Å²) in [5.74, 6) is -0.473. The summed E-state index contributed by atoms with van der Waals surface area (Å²) in [6.07, 6.45) is 2.69. The molecule has 0 saturated heterocycles. The first kappa shape index (κ1) is 20.6. The van der Waals surface area contributed by atoms with Crippen molar-refractivity contribution in [3.05, 3.63) is 83.3 Å². The predicted molar refractivity (Wildman–Crippen MR) is 115 cm³/mol. The number of hydrogen-bond acceptors (Lipinski definition) is 4. The lowest BCUT2D eigenvalue weighted by Crippen LogP contribution is -2.09. The van der Waals surface area contributed by atoms with Gasteiger partial charge in [0, 0.05) is 10.8 Å². The summed E-state index contributed by atoms with van der Waals surface area (Å²) >= 11 is 0. The first-order valence-electron chi connectivity index (χ1n) is 9.26. The van der Waals surface area contributed by atoms with Crippen LogP contribution in [0.5, 0.6) is 5.75 Å². The smallest absolute Gasteiger partial charge is 0.341 e. The molecule has 5 nitrogen and oxygen atoms in total. The van der Waals surface area contributed by atoms with E-state index in [-0.39, 0.29) is 5.75 Å². The summed E-state index contributed by atoms with van der Waals surface area (Å²) in [5, 5.41) is 11.8. The fraction of sp³-hybridized carbons (Fsp3) is 0.174. The molecular weight excluding hydrogens is 388 g/mol. The number of rotatable bonds is 9. The standard InChI is InChI=1S/C23H22O5S/c24-23(25)17-28-22-13-5-11-20-19(9-4-12-21(20)22)10-6-15-29(26,27)16-14-18-7-2-1-3-8-18/h1-5,7-9,11-14,16H,6,10,15,17H2,(H,24,25)/b16-14+. The summed E-state index contributed by atoms with van der Waals surface area (Å²) in [6.45, 7) is -0.407. The number of carboxylic acid groups (broad SMARTS) is 1. The molecule has 0 amide bonds. The van der Waals surface area contributed by atoms with E-state index in [4.69, 9.17) is 9.84 Å². The lowest BCUT2D eigenvalue weighted by atomic mass is 10.0. The molecule has 0 fully saturated rings. The third-order valence-corrected chi connectivity index (χ3v) is 5.87. The van der Waals surface area contributed by atoms with Gasteiger partial charge in [0.05, 0.1) is 5.75 Å². The van der Waals surface area contributed by atoms with Gasteiger partial charge in [-0.3, -0.25) is 0 Å². The molecule has 0 aliphatic heterocycles. The molecule has 3 aromatic rings. The highest BCUT2D eigenvalue weighted by molar-refractivity contribution is 7.94. The zero-order valence-electron chi connectivity index (χ0n) is 15.8. The second kappa shape index (κ2) is 9.39. The Balaban J connectivity index is 1.68. The Morgan fingerprint density at radius 1 is 0.931 bits per heavy atom. The van der Waals surface area contributed by atoms with Gasteiger partial charge in [0.1, 0.15) is 5.75 Å². The molecule has 150 valence electrons. The number of carbonyl (C=O) groups is 1. The lowest BCUT2D eigenvalue weighted by Gasteiger charge is -2.11. The largest absolute Gasteiger partial charge is 0.481 e. The van der Waals surface area contributed by atoms with Crippen molar-refractivity contribution in [3.63, 3.8) is 0 Å². The number of carboxylic acids is 1. The van der Waals surface area contributed by atoms with Crippen LogP contribution in [0.1, 0.15) is 17.5 Å². The lowest BCUT2D eigenvalue weighted by molar-refractivity contribution is -0.139. The fourth-order valence-electron chi connectivity index (χ4n) is 3.11. The van der Waals surface area contributed by atoms with Gasteiger partial charge < -0.3 is 9.84 Å². The van der Waals surface area contributed by atoms with Gasteiger partial charge in [0.15, 0.2) is 16.4 Å². The van der Waals surface area contributed by atoms with E-state index in [0.29, 0.717) is 18.6 Å². The highest BCUT2D eigenvalue weighted by Gasteiger charge is 2.10. The molecule has 29 heavy (non-hydrogen) atoms. The molecule has 0 unspecified atom stereocenters. The van der Waals surface area contributed by atoms with Crippen molar-refractivity contribution in [2.75, 3.05) is 12.4 Å². The average Bonchev–Trinajstić information content (AvgIpc) is 2.71. The van der Waals surface area contributed by atoms with Gasteiger partial charge in [-0.2, -0.15) is 0 Å². The number of sulfone groups is 1. The second-order valence-electron chi connectivity index (χ2n) is 6.63. The van der Waals surface area contributed by atoms with E-state index >= 15 is 0 Å². The highest BCUT2D eigenvalue weighted by Crippen LogP contribution is 2.28. The number of hydrogen-bond donors (Lipinski definition) is 1. The van der Waals surface area contributed by atoms with Crippen molar-refractivity contribution >= 4 is 32.7 Å². The zero-order valence-corrected chi connectivity index (χ0v) is 16.6. The minimum Gasteiger partial charge on any atom is -0.481 e. The van der Waals surface area contributed by atoms with Crippen molar-refractivity contribution in [1.82, 2.24) is 0 Å². The molecule has 0 spiro atoms. The number of fused-ring (bicyclic) bond motifs is 1. The van der Waals surface area contributed by atoms with Gasteiger partial charge in [-0.15, -0.1) is 0 Å². The Morgan fingerprint density at radius 3 is 2.41 bits per heavy atom. The molecule has 0 aromatic heterocycles. The number of aliphatic carboxylic acids is 1. The third-order valence-electron chi connectivity index (χ3n) is 4.47. The summed E-state index contributed by atoms with van der Waals surface area (Å²) < 4.78 is 30.0. The van der Waals surface area contributed by atoms with E-state index in [0.717, 1.165) is 21.9 Å². The predicted octanol–water partition coefficient (Wildman–Crippen LogP) is 4.32. The maximum atomic E-state index is 12.3. The zero-order chi connectivity index (χ0) is 20.7. The van der Waals surface area contributed by atoms with Crippen LogP contribution in [-0.4, -0.2) is 31.9 Å². The SMILES string of the molecule is O=C(O)COc1cccc2c(CCCS(=O)(=O)/C=C/c3ccccc3)cccc12. The van der Waals surface area contributed by atoms with Gasteiger partial charge in [-0.05, 0) is 41.5 Å². The molecule has 0 radical (unpaired) electrons. The van der Waals surface area contributed by atoms with Gasteiger partial charge in [0.2, 0.25) is 0 Å². The van der Waals surface area contributed by atoms with Gasteiger partial charge in [0.25, 0.3) is 0 Å². The Bertz CT molecular complexity index is 1120. The molecule has 6 heteroatoms. The van der Waals surface area contributed by atoms with Crippen LogP contribution in [0, 0.1) is 0 Å². The average molecular weight is 410 g/mol. The summed E-state index contributed by atoms with van der Waals surface area (Å²) in [7, 11) is -3.30. The van der Waals surface area contributed by atoms with Crippen LogP contribution < -0.4 is 4.74 Å². The molecule has 3 aromatic carbocycles. The maximum Gasteiger partial charge on any atom is 0.341 e. The summed E-state index contributed by atoms with van der Waals surface area (Å²) in [4.78, 5) is 10.8. The molecule has 0 aliphatic carbocycles. The van der Waals surface area contributed by atoms with Crippen molar-refractivity contribution in [2.24, 2.45) is 0 Å². The normalized spacial score (nSPS) is 11.7. The Hall–Kier alpha value is -3.12. The van der Waals surface area contributed by atoms with Crippen LogP contribution in [0.25, 0.3) is 16.8 Å². The van der Waals surface area contributed by atoms with E-state index in [9.17, 15) is 13.2 Å². The highest BCUT2D eigenvalue weighted by atomic mass is 32.2. The molecule has 0 bridgehead atoms. The Morgan fingerprint density at radius 2 is 1.66 bits per heavy atom. The van der Waals surface area contributed by atoms with Crippen LogP contribution >= 0.6 is 0 Å². The van der Waals surface area contributed by atoms with Crippen molar-refractivity contribution < 1.29 is 23.1 Å². The molecule has 0 heterocycles. The molecule has 0 atom stereocenters. The summed E-state index contributed by atoms with van der Waals surface area (Å²) in [6, 6.07) is 20.5. The van der Waals surface area contributed by atoms with Crippen LogP contribution in [0.15, 0.2) is 72.1 Å². The van der Waals surface area contributed by atoms with Gasteiger partial charge in [-0.1, -0.05) is 60.7 Å². The van der Waals surface area contributed by atoms with Crippen molar-refractivity contribution in [2.45, 2.75) is 12.8 Å². The van der Waals surface area contributed by atoms with Crippen molar-refractivity contribution in [1.29, 1.82) is 0 Å². The molecule has 0 aliphatic rings. The quantitative estimate of drug-likeness (QED) is 0.568. The first-order chi connectivity index (χ1) is 13.9. The third kappa shape index (κ3) is 5.93. The number of aryl methyl sites for hydroxylation is 1. The Labute approximate surface area is 170 Å². The minimum absolute atomic E-state index is 0.0575. The van der Waals surface area contributed by atoms with E-state index in [1.165, 1.54) is 5.41 Å². The minimum atomic E-state index is -3.30. The van der Waals surface area contributed by atoms with E-state index in [1.807, 2.05) is 60.7 Å². The van der Waals surface area contributed by atoms with Gasteiger partial charge >= 0.3 is 5.97 Å². The van der Waals surface area contributed by atoms with E-state index in [1.54, 1.807) is 12.1 Å². The molecule has 0 saturated carbocycles. The topological polar surface area (TPSA) is 80.7 Å². The number of benzene rings is 3. The van der Waals surface area contributed by atoms with Crippen molar-refractivity contribution in [3.8, 4) is 5.75 Å². The monoisotopic (exact) mass is 410 g/mol. The van der Waals surface area contributed by atoms with Crippen LogP contribution in [0.3, 0.4) is 0 Å². The first-order valence-corrected chi connectivity index (χ1v) is 11.0. The Kier molecular flexibility index (Phi) is 6.67. The number of ether oxygens (including phenoxy) is 1. The summed E-state index contributed by atoms with van der Waals surface area (Å²) in [5.41, 5.74) is 1.85. The van der Waals surface area contributed by atoms with E-state index in [2.05, 4.69) is 0 Å². The molecule has 3 rings (SSSR count).